The first kappa shape index (κ1) is 12.0. The van der Waals surface area contributed by atoms with Crippen molar-refractivity contribution in [2.75, 3.05) is 13.2 Å². The van der Waals surface area contributed by atoms with Crippen LogP contribution in [0.15, 0.2) is 29.2 Å². The number of benzene rings is 1. The molecule has 1 fully saturated rings. The summed E-state index contributed by atoms with van der Waals surface area (Å²) in [7, 11) is -3.71. The summed E-state index contributed by atoms with van der Waals surface area (Å²) in [6.07, 6.45) is 0.777. The van der Waals surface area contributed by atoms with Gasteiger partial charge in [0.2, 0.25) is 6.29 Å². The Bertz CT molecular complexity index is 533. The van der Waals surface area contributed by atoms with Crippen LogP contribution >= 0.6 is 0 Å². The Kier molecular flexibility index (Phi) is 3.01. The Morgan fingerprint density at radius 3 is 2.61 bits per heavy atom. The lowest BCUT2D eigenvalue weighted by Gasteiger charge is -2.33. The van der Waals surface area contributed by atoms with Gasteiger partial charge in [-0.05, 0) is 25.0 Å². The first-order valence-electron chi connectivity index (χ1n) is 5.93. The van der Waals surface area contributed by atoms with Gasteiger partial charge in [0.25, 0.3) is 0 Å². The maximum absolute atomic E-state index is 12.0. The highest BCUT2D eigenvalue weighted by molar-refractivity contribution is 7.87. The van der Waals surface area contributed by atoms with E-state index in [0.29, 0.717) is 19.0 Å². The number of hydrogen-bond donors (Lipinski definition) is 0. The van der Waals surface area contributed by atoms with Crippen LogP contribution in [0.5, 0.6) is 5.75 Å². The van der Waals surface area contributed by atoms with E-state index < -0.39 is 16.4 Å². The van der Waals surface area contributed by atoms with Crippen LogP contribution in [0.2, 0.25) is 0 Å². The van der Waals surface area contributed by atoms with Crippen LogP contribution in [-0.4, -0.2) is 27.9 Å². The summed E-state index contributed by atoms with van der Waals surface area (Å²) in [5.41, 5.74) is 0. The number of hydrogen-bond acceptors (Lipinski definition) is 5. The topological polar surface area (TPSA) is 61.8 Å². The van der Waals surface area contributed by atoms with Crippen LogP contribution in [-0.2, 0) is 19.0 Å². The molecule has 6 heteroatoms. The summed E-state index contributed by atoms with van der Waals surface area (Å²) >= 11 is 0. The Hall–Kier alpha value is -1.11. The summed E-state index contributed by atoms with van der Waals surface area (Å²) < 4.78 is 40.0. The zero-order valence-electron chi connectivity index (χ0n) is 9.74. The zero-order valence-corrected chi connectivity index (χ0v) is 10.6. The van der Waals surface area contributed by atoms with E-state index in [4.69, 9.17) is 13.7 Å². The van der Waals surface area contributed by atoms with Gasteiger partial charge in [-0.1, -0.05) is 12.1 Å². The van der Waals surface area contributed by atoms with Gasteiger partial charge < -0.3 is 9.47 Å². The third-order valence-electron chi connectivity index (χ3n) is 3.23. The molecule has 2 aliphatic rings. The molecule has 98 valence electrons. The van der Waals surface area contributed by atoms with E-state index in [0.717, 1.165) is 12.8 Å². The molecule has 1 aromatic carbocycles. The molecule has 2 aliphatic heterocycles. The first-order valence-corrected chi connectivity index (χ1v) is 7.34. The van der Waals surface area contributed by atoms with Crippen molar-refractivity contribution in [1.82, 2.24) is 0 Å². The molecule has 0 aliphatic carbocycles. The van der Waals surface area contributed by atoms with Crippen LogP contribution in [0, 0.1) is 5.92 Å². The van der Waals surface area contributed by atoms with Gasteiger partial charge in [0.15, 0.2) is 0 Å². The van der Waals surface area contributed by atoms with Crippen molar-refractivity contribution in [3.05, 3.63) is 24.3 Å². The summed E-state index contributed by atoms with van der Waals surface area (Å²) in [5, 5.41) is 0. The SMILES string of the molecule is O=S1(=O)OC(C2CCOCC2)Oc2ccccc21. The Balaban J connectivity index is 1.90. The molecule has 0 aromatic heterocycles. The van der Waals surface area contributed by atoms with Gasteiger partial charge in [-0.15, -0.1) is 0 Å². The molecule has 0 N–H and O–H groups in total. The summed E-state index contributed by atoms with van der Waals surface area (Å²) in [4.78, 5) is 0.105. The molecule has 0 spiro atoms. The van der Waals surface area contributed by atoms with Crippen molar-refractivity contribution >= 4 is 10.1 Å². The van der Waals surface area contributed by atoms with Crippen molar-refractivity contribution in [2.24, 2.45) is 5.92 Å². The second-order valence-electron chi connectivity index (χ2n) is 4.43. The molecule has 1 aromatic rings. The second kappa shape index (κ2) is 4.53. The molecule has 1 unspecified atom stereocenters. The molecular weight excluding hydrogens is 256 g/mol. The lowest BCUT2D eigenvalue weighted by Crippen LogP contribution is -2.38. The summed E-state index contributed by atoms with van der Waals surface area (Å²) in [6, 6.07) is 6.55. The average Bonchev–Trinajstić information content (AvgIpc) is 2.39. The molecule has 5 nitrogen and oxygen atoms in total. The quantitative estimate of drug-likeness (QED) is 0.724. The molecule has 18 heavy (non-hydrogen) atoms. The fraction of sp³-hybridized carbons (Fsp3) is 0.500. The molecule has 0 saturated carbocycles. The Morgan fingerprint density at radius 1 is 1.11 bits per heavy atom. The fourth-order valence-electron chi connectivity index (χ4n) is 2.24. The lowest BCUT2D eigenvalue weighted by molar-refractivity contribution is -0.0809. The zero-order chi connectivity index (χ0) is 12.6. The van der Waals surface area contributed by atoms with E-state index in [9.17, 15) is 8.42 Å². The van der Waals surface area contributed by atoms with E-state index in [1.165, 1.54) is 6.07 Å². The average molecular weight is 270 g/mol. The van der Waals surface area contributed by atoms with Gasteiger partial charge in [0, 0.05) is 19.1 Å². The minimum absolute atomic E-state index is 0.0573. The van der Waals surface area contributed by atoms with E-state index in [1.807, 2.05) is 0 Å². The standard InChI is InChI=1S/C12H14O5S/c13-18(14)11-4-2-1-3-10(11)16-12(17-18)9-5-7-15-8-6-9/h1-4,9,12H,5-8H2. The molecule has 1 saturated heterocycles. The molecule has 1 atom stereocenters. The maximum Gasteiger partial charge on any atom is 0.303 e. The van der Waals surface area contributed by atoms with Gasteiger partial charge in [-0.3, -0.25) is 0 Å². The van der Waals surface area contributed by atoms with Crippen LogP contribution in [0.25, 0.3) is 0 Å². The first-order chi connectivity index (χ1) is 8.67. The Labute approximate surface area is 106 Å². The number of ether oxygens (including phenoxy) is 2. The molecule has 3 rings (SSSR count). The number of fused-ring (bicyclic) bond motifs is 1. The van der Waals surface area contributed by atoms with Crippen molar-refractivity contribution < 1.29 is 22.1 Å². The van der Waals surface area contributed by atoms with Gasteiger partial charge in [-0.2, -0.15) is 8.42 Å². The van der Waals surface area contributed by atoms with Crippen molar-refractivity contribution in [3.8, 4) is 5.75 Å². The minimum atomic E-state index is -3.71. The predicted molar refractivity (Wildman–Crippen MR) is 62.7 cm³/mol. The molecular formula is C12H14O5S. The Morgan fingerprint density at radius 2 is 1.83 bits per heavy atom. The highest BCUT2D eigenvalue weighted by Crippen LogP contribution is 2.35. The molecule has 2 heterocycles. The van der Waals surface area contributed by atoms with Crippen LogP contribution < -0.4 is 4.74 Å². The molecule has 0 amide bonds. The minimum Gasteiger partial charge on any atom is -0.462 e. The van der Waals surface area contributed by atoms with Crippen LogP contribution in [0.1, 0.15) is 12.8 Å². The predicted octanol–water partition coefficient (Wildman–Crippen LogP) is 1.54. The monoisotopic (exact) mass is 270 g/mol. The second-order valence-corrected chi connectivity index (χ2v) is 5.97. The van der Waals surface area contributed by atoms with Crippen molar-refractivity contribution in [3.63, 3.8) is 0 Å². The highest BCUT2D eigenvalue weighted by atomic mass is 32.2. The maximum atomic E-state index is 12.0. The van der Waals surface area contributed by atoms with Crippen molar-refractivity contribution in [2.45, 2.75) is 24.0 Å². The third kappa shape index (κ3) is 2.11. The lowest BCUT2D eigenvalue weighted by atomic mass is 10.00. The number of rotatable bonds is 1. The summed E-state index contributed by atoms with van der Waals surface area (Å²) in [6.45, 7) is 1.24. The van der Waals surface area contributed by atoms with E-state index in [-0.39, 0.29) is 10.8 Å². The normalized spacial score (nSPS) is 27.2. The largest absolute Gasteiger partial charge is 0.462 e. The van der Waals surface area contributed by atoms with Gasteiger partial charge in [0.05, 0.1) is 0 Å². The number of para-hydroxylation sites is 1. The van der Waals surface area contributed by atoms with Crippen LogP contribution in [0.3, 0.4) is 0 Å². The summed E-state index contributed by atoms with van der Waals surface area (Å²) in [5.74, 6) is 0.433. The smallest absolute Gasteiger partial charge is 0.303 e. The third-order valence-corrected chi connectivity index (χ3v) is 4.55. The van der Waals surface area contributed by atoms with Crippen molar-refractivity contribution in [1.29, 1.82) is 0 Å². The molecule has 0 radical (unpaired) electrons. The fourth-order valence-corrected chi connectivity index (χ4v) is 3.40. The van der Waals surface area contributed by atoms with Crippen LogP contribution in [0.4, 0.5) is 0 Å². The van der Waals surface area contributed by atoms with Gasteiger partial charge in [-0.25, -0.2) is 4.18 Å². The van der Waals surface area contributed by atoms with Gasteiger partial charge in [0.1, 0.15) is 10.6 Å². The van der Waals surface area contributed by atoms with E-state index in [1.54, 1.807) is 18.2 Å². The van der Waals surface area contributed by atoms with E-state index in [2.05, 4.69) is 0 Å². The molecule has 0 bridgehead atoms. The highest BCUT2D eigenvalue weighted by Gasteiger charge is 2.37. The van der Waals surface area contributed by atoms with E-state index >= 15 is 0 Å². The van der Waals surface area contributed by atoms with Gasteiger partial charge >= 0.3 is 10.1 Å².